The third kappa shape index (κ3) is 2.86. The van der Waals surface area contributed by atoms with Crippen molar-refractivity contribution in [1.29, 1.82) is 0 Å². The number of ether oxygens (including phenoxy) is 1. The lowest BCUT2D eigenvalue weighted by molar-refractivity contribution is 0.178. The van der Waals surface area contributed by atoms with E-state index in [-0.39, 0.29) is 0 Å². The minimum atomic E-state index is -0.391. The summed E-state index contributed by atoms with van der Waals surface area (Å²) in [7, 11) is 1.70. The molecule has 1 atom stereocenters. The number of hydrogen-bond donors (Lipinski definition) is 1. The number of aryl methyl sites for hydroxylation is 1. The highest BCUT2D eigenvalue weighted by atomic mass is 16.5. The van der Waals surface area contributed by atoms with E-state index in [9.17, 15) is 5.11 Å². The molecule has 13 heavy (non-hydrogen) atoms. The van der Waals surface area contributed by atoms with E-state index in [4.69, 9.17) is 4.74 Å². The van der Waals surface area contributed by atoms with E-state index in [1.54, 1.807) is 14.0 Å². The van der Waals surface area contributed by atoms with Crippen molar-refractivity contribution >= 4 is 0 Å². The molecule has 0 aromatic carbocycles. The first kappa shape index (κ1) is 10.3. The molecule has 1 heterocycles. The maximum Gasteiger partial charge on any atom is 0.0911 e. The normalized spacial score (nSPS) is 13.2. The Morgan fingerprint density at radius 3 is 3.00 bits per heavy atom. The second kappa shape index (κ2) is 5.04. The Labute approximate surface area is 78.9 Å². The topological polar surface area (TPSA) is 34.4 Å². The van der Waals surface area contributed by atoms with Crippen LogP contribution in [0.15, 0.2) is 18.3 Å². The van der Waals surface area contributed by atoms with Gasteiger partial charge in [0.25, 0.3) is 0 Å². The summed E-state index contributed by atoms with van der Waals surface area (Å²) in [5.74, 6) is 0. The highest BCUT2D eigenvalue weighted by molar-refractivity contribution is 5.09. The fraction of sp³-hybridized carbons (Fsp3) is 0.600. The monoisotopic (exact) mass is 183 g/mol. The fourth-order valence-electron chi connectivity index (χ4n) is 1.39. The molecule has 1 N–H and O–H groups in total. The molecule has 0 aliphatic rings. The van der Waals surface area contributed by atoms with Crippen LogP contribution in [0.5, 0.6) is 0 Å². The number of aliphatic hydroxyl groups is 1. The zero-order chi connectivity index (χ0) is 9.68. The van der Waals surface area contributed by atoms with Crippen molar-refractivity contribution in [2.75, 3.05) is 13.7 Å². The second-order valence-corrected chi connectivity index (χ2v) is 3.15. The maximum absolute atomic E-state index is 9.40. The van der Waals surface area contributed by atoms with E-state index >= 15 is 0 Å². The highest BCUT2D eigenvalue weighted by Gasteiger charge is 2.05. The molecule has 1 unspecified atom stereocenters. The molecular weight excluding hydrogens is 166 g/mol. The first-order valence-corrected chi connectivity index (χ1v) is 4.57. The Hall–Kier alpha value is -0.800. The number of aromatic nitrogens is 1. The van der Waals surface area contributed by atoms with Crippen molar-refractivity contribution in [1.82, 2.24) is 4.57 Å². The SMILES string of the molecule is COCCCn1cccc1C(C)O. The van der Waals surface area contributed by atoms with Crippen LogP contribution in [0, 0.1) is 0 Å². The number of hydrogen-bond acceptors (Lipinski definition) is 2. The van der Waals surface area contributed by atoms with Crippen LogP contribution >= 0.6 is 0 Å². The molecule has 0 saturated carbocycles. The van der Waals surface area contributed by atoms with Crippen LogP contribution < -0.4 is 0 Å². The van der Waals surface area contributed by atoms with Crippen molar-refractivity contribution in [3.05, 3.63) is 24.0 Å². The van der Waals surface area contributed by atoms with Gasteiger partial charge < -0.3 is 14.4 Å². The summed E-state index contributed by atoms with van der Waals surface area (Å²) >= 11 is 0. The number of nitrogens with zero attached hydrogens (tertiary/aromatic N) is 1. The molecule has 0 aliphatic heterocycles. The van der Waals surface area contributed by atoms with Gasteiger partial charge in [-0.3, -0.25) is 0 Å². The van der Waals surface area contributed by atoms with Crippen LogP contribution in [0.2, 0.25) is 0 Å². The lowest BCUT2D eigenvalue weighted by atomic mass is 10.3. The minimum absolute atomic E-state index is 0.391. The largest absolute Gasteiger partial charge is 0.387 e. The molecule has 0 aliphatic carbocycles. The molecule has 74 valence electrons. The molecule has 0 spiro atoms. The molecule has 0 amide bonds. The van der Waals surface area contributed by atoms with Crippen LogP contribution in [-0.2, 0) is 11.3 Å². The zero-order valence-electron chi connectivity index (χ0n) is 8.23. The van der Waals surface area contributed by atoms with Crippen LogP contribution in [0.1, 0.15) is 25.1 Å². The van der Waals surface area contributed by atoms with E-state index in [2.05, 4.69) is 4.57 Å². The summed E-state index contributed by atoms with van der Waals surface area (Å²) in [4.78, 5) is 0. The number of rotatable bonds is 5. The van der Waals surface area contributed by atoms with Gasteiger partial charge in [0.05, 0.1) is 6.10 Å². The first-order valence-electron chi connectivity index (χ1n) is 4.57. The summed E-state index contributed by atoms with van der Waals surface area (Å²) in [5.41, 5.74) is 0.969. The quantitative estimate of drug-likeness (QED) is 0.703. The second-order valence-electron chi connectivity index (χ2n) is 3.15. The third-order valence-corrected chi connectivity index (χ3v) is 2.04. The smallest absolute Gasteiger partial charge is 0.0911 e. The van der Waals surface area contributed by atoms with E-state index < -0.39 is 6.10 Å². The van der Waals surface area contributed by atoms with Gasteiger partial charge in [0.1, 0.15) is 0 Å². The van der Waals surface area contributed by atoms with Crippen molar-refractivity contribution in [3.8, 4) is 0 Å². The van der Waals surface area contributed by atoms with Gasteiger partial charge in [0.15, 0.2) is 0 Å². The highest BCUT2D eigenvalue weighted by Crippen LogP contribution is 2.12. The third-order valence-electron chi connectivity index (χ3n) is 2.04. The van der Waals surface area contributed by atoms with Gasteiger partial charge >= 0.3 is 0 Å². The van der Waals surface area contributed by atoms with Gasteiger partial charge in [-0.2, -0.15) is 0 Å². The fourth-order valence-corrected chi connectivity index (χ4v) is 1.39. The zero-order valence-corrected chi connectivity index (χ0v) is 8.23. The Kier molecular flexibility index (Phi) is 3.99. The van der Waals surface area contributed by atoms with Crippen molar-refractivity contribution < 1.29 is 9.84 Å². The Morgan fingerprint density at radius 1 is 1.62 bits per heavy atom. The molecule has 1 rings (SSSR count). The molecule has 0 fully saturated rings. The molecule has 3 nitrogen and oxygen atoms in total. The molecule has 1 aromatic rings. The molecule has 3 heteroatoms. The summed E-state index contributed by atoms with van der Waals surface area (Å²) in [6, 6.07) is 3.90. The van der Waals surface area contributed by atoms with Crippen LogP contribution in [-0.4, -0.2) is 23.4 Å². The Bertz CT molecular complexity index is 243. The van der Waals surface area contributed by atoms with Crippen LogP contribution in [0.4, 0.5) is 0 Å². The average molecular weight is 183 g/mol. The minimum Gasteiger partial charge on any atom is -0.387 e. The van der Waals surface area contributed by atoms with Gasteiger partial charge in [-0.15, -0.1) is 0 Å². The van der Waals surface area contributed by atoms with E-state index in [1.165, 1.54) is 0 Å². The predicted octanol–water partition coefficient (Wildman–Crippen LogP) is 1.58. The lowest BCUT2D eigenvalue weighted by Gasteiger charge is -2.10. The molecular formula is C10H17NO2. The van der Waals surface area contributed by atoms with Gasteiger partial charge in [-0.05, 0) is 25.5 Å². The molecule has 1 aromatic heterocycles. The van der Waals surface area contributed by atoms with Gasteiger partial charge in [-0.1, -0.05) is 0 Å². The van der Waals surface area contributed by atoms with E-state index in [0.717, 1.165) is 25.3 Å². The van der Waals surface area contributed by atoms with Crippen LogP contribution in [0.3, 0.4) is 0 Å². The van der Waals surface area contributed by atoms with Gasteiger partial charge in [0.2, 0.25) is 0 Å². The van der Waals surface area contributed by atoms with Crippen molar-refractivity contribution in [2.45, 2.75) is 26.0 Å². The lowest BCUT2D eigenvalue weighted by Crippen LogP contribution is -2.06. The summed E-state index contributed by atoms with van der Waals surface area (Å²) in [6.07, 6.45) is 2.57. The summed E-state index contributed by atoms with van der Waals surface area (Å²) in [6.45, 7) is 3.45. The Morgan fingerprint density at radius 2 is 2.38 bits per heavy atom. The summed E-state index contributed by atoms with van der Waals surface area (Å²) in [5, 5.41) is 9.40. The van der Waals surface area contributed by atoms with E-state index in [0.29, 0.717) is 0 Å². The van der Waals surface area contributed by atoms with Crippen molar-refractivity contribution in [2.24, 2.45) is 0 Å². The standard InChI is InChI=1S/C10H17NO2/c1-9(12)10-5-3-6-11(10)7-4-8-13-2/h3,5-6,9,12H,4,7-8H2,1-2H3. The number of aliphatic hydroxyl groups excluding tert-OH is 1. The average Bonchev–Trinajstić information content (AvgIpc) is 2.53. The van der Waals surface area contributed by atoms with Gasteiger partial charge in [0, 0.05) is 32.2 Å². The molecule has 0 bridgehead atoms. The summed E-state index contributed by atoms with van der Waals surface area (Å²) < 4.78 is 7.02. The van der Waals surface area contributed by atoms with Crippen molar-refractivity contribution in [3.63, 3.8) is 0 Å². The van der Waals surface area contributed by atoms with E-state index in [1.807, 2.05) is 18.3 Å². The van der Waals surface area contributed by atoms with Gasteiger partial charge in [-0.25, -0.2) is 0 Å². The molecule has 0 saturated heterocycles. The predicted molar refractivity (Wildman–Crippen MR) is 51.6 cm³/mol. The first-order chi connectivity index (χ1) is 6.25. The maximum atomic E-state index is 9.40. The Balaban J connectivity index is 2.50. The number of methoxy groups -OCH3 is 1. The van der Waals surface area contributed by atoms with Crippen LogP contribution in [0.25, 0.3) is 0 Å². The molecule has 0 radical (unpaired) electrons.